The van der Waals surface area contributed by atoms with E-state index in [1.54, 1.807) is 18.3 Å². The van der Waals surface area contributed by atoms with Crippen LogP contribution in [0.1, 0.15) is 18.1 Å². The summed E-state index contributed by atoms with van der Waals surface area (Å²) in [5.74, 6) is 0.813. The van der Waals surface area contributed by atoms with Gasteiger partial charge in [0.25, 0.3) is 5.69 Å². The summed E-state index contributed by atoms with van der Waals surface area (Å²) < 4.78 is 7.58. The second-order valence-corrected chi connectivity index (χ2v) is 6.14. The van der Waals surface area contributed by atoms with E-state index in [4.69, 9.17) is 4.42 Å². The van der Waals surface area contributed by atoms with Crippen molar-refractivity contribution in [3.8, 4) is 11.5 Å². The molecular formula is C14H13N5O3S. The van der Waals surface area contributed by atoms with Gasteiger partial charge in [0.05, 0.1) is 10.2 Å². The lowest BCUT2D eigenvalue weighted by Crippen LogP contribution is -1.94. The maximum absolute atomic E-state index is 10.7. The van der Waals surface area contributed by atoms with E-state index in [0.717, 1.165) is 5.16 Å². The first-order chi connectivity index (χ1) is 11.0. The molecular weight excluding hydrogens is 318 g/mol. The Balaban J connectivity index is 1.77. The monoisotopic (exact) mass is 331 g/mol. The second-order valence-electron chi connectivity index (χ2n) is 4.83. The molecule has 1 atom stereocenters. The fraction of sp³-hybridized carbons (Fsp3) is 0.214. The van der Waals surface area contributed by atoms with Gasteiger partial charge < -0.3 is 8.98 Å². The van der Waals surface area contributed by atoms with Crippen LogP contribution in [0.4, 0.5) is 5.69 Å². The lowest BCUT2D eigenvalue weighted by molar-refractivity contribution is -0.384. The van der Waals surface area contributed by atoms with Gasteiger partial charge in [0, 0.05) is 37.1 Å². The van der Waals surface area contributed by atoms with Gasteiger partial charge in [0.1, 0.15) is 0 Å². The lowest BCUT2D eigenvalue weighted by atomic mass is 10.2. The van der Waals surface area contributed by atoms with E-state index in [-0.39, 0.29) is 10.9 Å². The third kappa shape index (κ3) is 3.24. The summed E-state index contributed by atoms with van der Waals surface area (Å²) in [6, 6.07) is 5.99. The van der Waals surface area contributed by atoms with Gasteiger partial charge in [-0.3, -0.25) is 10.1 Å². The number of non-ortho nitro benzene ring substituents is 1. The third-order valence-electron chi connectivity index (χ3n) is 3.17. The van der Waals surface area contributed by atoms with Crippen LogP contribution in [0.25, 0.3) is 11.5 Å². The maximum Gasteiger partial charge on any atom is 0.269 e. The van der Waals surface area contributed by atoms with Crippen molar-refractivity contribution < 1.29 is 9.34 Å². The Kier molecular flexibility index (Phi) is 4.11. The number of aryl methyl sites for hydroxylation is 1. The molecule has 0 saturated heterocycles. The summed E-state index contributed by atoms with van der Waals surface area (Å²) >= 11 is 1.51. The topological polar surface area (TPSA) is 99.9 Å². The number of hydrogen-bond acceptors (Lipinski definition) is 7. The van der Waals surface area contributed by atoms with E-state index >= 15 is 0 Å². The molecule has 1 aromatic carbocycles. The predicted octanol–water partition coefficient (Wildman–Crippen LogP) is 3.23. The molecule has 8 nitrogen and oxygen atoms in total. The Morgan fingerprint density at radius 2 is 2.04 bits per heavy atom. The third-order valence-corrected chi connectivity index (χ3v) is 4.33. The first-order valence-corrected chi connectivity index (χ1v) is 7.65. The lowest BCUT2D eigenvalue weighted by Gasteiger charge is -2.05. The molecule has 118 valence electrons. The average molecular weight is 331 g/mol. The zero-order chi connectivity index (χ0) is 16.4. The van der Waals surface area contributed by atoms with E-state index in [1.165, 1.54) is 23.9 Å². The molecule has 0 radical (unpaired) electrons. The Morgan fingerprint density at radius 1 is 1.30 bits per heavy atom. The normalized spacial score (nSPS) is 12.3. The van der Waals surface area contributed by atoms with Gasteiger partial charge in [-0.15, -0.1) is 10.2 Å². The number of rotatable bonds is 5. The molecule has 2 aromatic heterocycles. The highest BCUT2D eigenvalue weighted by molar-refractivity contribution is 7.99. The molecule has 9 heteroatoms. The van der Waals surface area contributed by atoms with Crippen molar-refractivity contribution in [3.05, 3.63) is 52.7 Å². The highest BCUT2D eigenvalue weighted by atomic mass is 32.2. The van der Waals surface area contributed by atoms with Crippen molar-refractivity contribution in [2.75, 3.05) is 0 Å². The van der Waals surface area contributed by atoms with Gasteiger partial charge in [-0.05, 0) is 19.1 Å². The van der Waals surface area contributed by atoms with Crippen molar-refractivity contribution in [3.63, 3.8) is 0 Å². The quantitative estimate of drug-likeness (QED) is 0.402. The number of nitro benzene ring substituents is 1. The van der Waals surface area contributed by atoms with E-state index in [2.05, 4.69) is 15.2 Å². The van der Waals surface area contributed by atoms with Gasteiger partial charge in [0.2, 0.25) is 11.8 Å². The molecule has 3 rings (SSSR count). The SMILES string of the molecule is CC(Sc1nccn1C)c1nnc(-c2ccc([N+](=O)[O-])cc2)o1. The summed E-state index contributed by atoms with van der Waals surface area (Å²) in [4.78, 5) is 14.5. The number of benzene rings is 1. The molecule has 3 aromatic rings. The molecule has 2 heterocycles. The Bertz CT molecular complexity index is 827. The van der Waals surface area contributed by atoms with E-state index in [0.29, 0.717) is 17.3 Å². The minimum Gasteiger partial charge on any atom is -0.419 e. The first kappa shape index (κ1) is 15.2. The van der Waals surface area contributed by atoms with Crippen LogP contribution < -0.4 is 0 Å². The number of nitrogens with zero attached hydrogens (tertiary/aromatic N) is 5. The zero-order valence-electron chi connectivity index (χ0n) is 12.4. The number of thioether (sulfide) groups is 1. The largest absolute Gasteiger partial charge is 0.419 e. The molecule has 1 unspecified atom stereocenters. The molecule has 0 amide bonds. The van der Waals surface area contributed by atoms with Crippen LogP contribution in [0.15, 0.2) is 46.2 Å². The standard InChI is InChI=1S/C14H13N5O3S/c1-9(23-14-15-7-8-18(14)2)12-16-17-13(22-12)10-3-5-11(6-4-10)19(20)21/h3-9H,1-2H3. The summed E-state index contributed by atoms with van der Waals surface area (Å²) in [7, 11) is 1.91. The fourth-order valence-electron chi connectivity index (χ4n) is 1.92. The van der Waals surface area contributed by atoms with Crippen molar-refractivity contribution in [2.45, 2.75) is 17.3 Å². The smallest absolute Gasteiger partial charge is 0.269 e. The van der Waals surface area contributed by atoms with Crippen molar-refractivity contribution in [1.29, 1.82) is 0 Å². The minimum absolute atomic E-state index is 0.0206. The van der Waals surface area contributed by atoms with Crippen LogP contribution in [0, 0.1) is 10.1 Å². The van der Waals surface area contributed by atoms with E-state index in [1.807, 2.05) is 24.7 Å². The van der Waals surface area contributed by atoms with Crippen LogP contribution in [-0.4, -0.2) is 24.7 Å². The average Bonchev–Trinajstić information content (AvgIpc) is 3.17. The van der Waals surface area contributed by atoms with Crippen LogP contribution in [0.5, 0.6) is 0 Å². The number of imidazole rings is 1. The molecule has 0 bridgehead atoms. The van der Waals surface area contributed by atoms with E-state index in [9.17, 15) is 10.1 Å². The molecule has 0 spiro atoms. The highest BCUT2D eigenvalue weighted by Crippen LogP contribution is 2.34. The van der Waals surface area contributed by atoms with Crippen molar-refractivity contribution in [2.24, 2.45) is 7.05 Å². The van der Waals surface area contributed by atoms with Gasteiger partial charge >= 0.3 is 0 Å². The van der Waals surface area contributed by atoms with E-state index < -0.39 is 4.92 Å². The van der Waals surface area contributed by atoms with Gasteiger partial charge in [-0.25, -0.2) is 4.98 Å². The fourth-order valence-corrected chi connectivity index (χ4v) is 2.78. The Labute approximate surface area is 135 Å². The van der Waals surface area contributed by atoms with Crippen LogP contribution >= 0.6 is 11.8 Å². The summed E-state index contributed by atoms with van der Waals surface area (Å²) in [5.41, 5.74) is 0.663. The molecule has 0 aliphatic rings. The Hall–Kier alpha value is -2.68. The predicted molar refractivity (Wildman–Crippen MR) is 83.9 cm³/mol. The summed E-state index contributed by atoms with van der Waals surface area (Å²) in [5, 5.41) is 19.5. The zero-order valence-corrected chi connectivity index (χ0v) is 13.2. The molecule has 0 N–H and O–H groups in total. The second kappa shape index (κ2) is 6.21. The molecule has 0 aliphatic carbocycles. The number of aromatic nitrogens is 4. The van der Waals surface area contributed by atoms with Crippen molar-refractivity contribution in [1.82, 2.24) is 19.7 Å². The van der Waals surface area contributed by atoms with Crippen LogP contribution in [0.2, 0.25) is 0 Å². The first-order valence-electron chi connectivity index (χ1n) is 6.77. The Morgan fingerprint density at radius 3 is 2.65 bits per heavy atom. The van der Waals surface area contributed by atoms with Gasteiger partial charge in [-0.2, -0.15) is 0 Å². The molecule has 0 aliphatic heterocycles. The van der Waals surface area contributed by atoms with Gasteiger partial charge in [-0.1, -0.05) is 11.8 Å². The maximum atomic E-state index is 10.7. The number of hydrogen-bond donors (Lipinski definition) is 0. The summed E-state index contributed by atoms with van der Waals surface area (Å²) in [6.45, 7) is 1.95. The minimum atomic E-state index is -0.450. The van der Waals surface area contributed by atoms with Crippen LogP contribution in [-0.2, 0) is 7.05 Å². The molecule has 23 heavy (non-hydrogen) atoms. The highest BCUT2D eigenvalue weighted by Gasteiger charge is 2.18. The van der Waals surface area contributed by atoms with Crippen molar-refractivity contribution >= 4 is 17.4 Å². The number of nitro groups is 1. The molecule has 0 saturated carbocycles. The van der Waals surface area contributed by atoms with Crippen LogP contribution in [0.3, 0.4) is 0 Å². The van der Waals surface area contributed by atoms with Gasteiger partial charge in [0.15, 0.2) is 5.16 Å². The molecule has 0 fully saturated rings. The summed E-state index contributed by atoms with van der Waals surface area (Å²) in [6.07, 6.45) is 3.59.